The van der Waals surface area contributed by atoms with Crippen molar-refractivity contribution >= 4 is 26.9 Å². The molecule has 0 amide bonds. The first-order chi connectivity index (χ1) is 8.83. The summed E-state index contributed by atoms with van der Waals surface area (Å²) in [7, 11) is 0. The van der Waals surface area contributed by atoms with Crippen LogP contribution in [-0.4, -0.2) is 4.98 Å². The molecule has 3 heteroatoms. The maximum atomic E-state index is 5.84. The predicted octanol–water partition coefficient (Wildman–Crippen LogP) is 4.51. The van der Waals surface area contributed by atoms with Gasteiger partial charge in [0, 0.05) is 17.8 Å². The molecule has 0 saturated carbocycles. The highest BCUT2D eigenvalue weighted by Gasteiger charge is 2.13. The molecule has 0 radical (unpaired) electrons. The number of halogens is 1. The van der Waals surface area contributed by atoms with Gasteiger partial charge in [0.2, 0.25) is 0 Å². The molecule has 2 heterocycles. The van der Waals surface area contributed by atoms with Crippen molar-refractivity contribution in [3.63, 3.8) is 0 Å². The Hall–Kier alpha value is -1.61. The molecule has 18 heavy (non-hydrogen) atoms. The summed E-state index contributed by atoms with van der Waals surface area (Å²) in [5.41, 5.74) is 2.18. The lowest BCUT2D eigenvalue weighted by Gasteiger charge is -2.06. The summed E-state index contributed by atoms with van der Waals surface area (Å²) >= 11 is 3.69. The van der Waals surface area contributed by atoms with E-state index in [1.807, 2.05) is 42.7 Å². The van der Waals surface area contributed by atoms with Gasteiger partial charge in [-0.2, -0.15) is 0 Å². The number of pyridine rings is 1. The Morgan fingerprint density at radius 2 is 1.89 bits per heavy atom. The largest absolute Gasteiger partial charge is 0.460 e. The van der Waals surface area contributed by atoms with Gasteiger partial charge in [-0.25, -0.2) is 0 Å². The number of benzene rings is 1. The standard InChI is InChI=1S/C15H12BrNO/c16-13(9-11-5-7-17-8-6-11)15-10-12-3-1-2-4-14(12)18-15/h1-8,10,13H,9H2. The zero-order valence-corrected chi connectivity index (χ0v) is 11.3. The molecule has 0 fully saturated rings. The van der Waals surface area contributed by atoms with E-state index in [4.69, 9.17) is 4.42 Å². The van der Waals surface area contributed by atoms with Crippen LogP contribution in [0.4, 0.5) is 0 Å². The fraction of sp³-hybridized carbons (Fsp3) is 0.133. The maximum absolute atomic E-state index is 5.84. The number of hydrogen-bond acceptors (Lipinski definition) is 2. The summed E-state index contributed by atoms with van der Waals surface area (Å²) in [5.74, 6) is 0.966. The van der Waals surface area contributed by atoms with Gasteiger partial charge in [0.1, 0.15) is 11.3 Å². The smallest absolute Gasteiger partial charge is 0.134 e. The average molecular weight is 302 g/mol. The molecule has 0 aliphatic carbocycles. The van der Waals surface area contributed by atoms with Crippen molar-refractivity contribution in [1.29, 1.82) is 0 Å². The summed E-state index contributed by atoms with van der Waals surface area (Å²) in [4.78, 5) is 4.21. The van der Waals surface area contributed by atoms with Crippen LogP contribution in [0, 0.1) is 0 Å². The number of furan rings is 1. The summed E-state index contributed by atoms with van der Waals surface area (Å²) in [6.45, 7) is 0. The lowest BCUT2D eigenvalue weighted by atomic mass is 10.1. The number of nitrogens with zero attached hydrogens (tertiary/aromatic N) is 1. The van der Waals surface area contributed by atoms with Gasteiger partial charge in [-0.05, 0) is 36.2 Å². The lowest BCUT2D eigenvalue weighted by Crippen LogP contribution is -1.93. The highest BCUT2D eigenvalue weighted by Crippen LogP contribution is 2.31. The minimum atomic E-state index is 0.187. The van der Waals surface area contributed by atoms with Gasteiger partial charge < -0.3 is 4.42 Å². The fourth-order valence-corrected chi connectivity index (χ4v) is 2.58. The Bertz CT molecular complexity index is 615. The van der Waals surface area contributed by atoms with Gasteiger partial charge in [0.25, 0.3) is 0 Å². The molecule has 1 unspecified atom stereocenters. The van der Waals surface area contributed by atoms with Crippen LogP contribution in [-0.2, 0) is 6.42 Å². The molecule has 0 N–H and O–H groups in total. The summed E-state index contributed by atoms with van der Waals surface area (Å²) in [6.07, 6.45) is 4.52. The fourth-order valence-electron chi connectivity index (χ4n) is 1.98. The van der Waals surface area contributed by atoms with E-state index < -0.39 is 0 Å². The van der Waals surface area contributed by atoms with Crippen molar-refractivity contribution in [3.05, 3.63) is 66.2 Å². The molecule has 2 nitrogen and oxygen atoms in total. The van der Waals surface area contributed by atoms with Gasteiger partial charge in [-0.15, -0.1) is 0 Å². The third-order valence-electron chi connectivity index (χ3n) is 2.92. The van der Waals surface area contributed by atoms with Crippen molar-refractivity contribution in [2.75, 3.05) is 0 Å². The molecule has 90 valence electrons. The molecule has 1 atom stereocenters. The first-order valence-electron chi connectivity index (χ1n) is 5.84. The van der Waals surface area contributed by atoms with E-state index >= 15 is 0 Å². The number of rotatable bonds is 3. The van der Waals surface area contributed by atoms with Crippen LogP contribution in [0.1, 0.15) is 16.2 Å². The number of hydrogen-bond donors (Lipinski definition) is 0. The van der Waals surface area contributed by atoms with E-state index in [1.54, 1.807) is 0 Å². The second-order valence-electron chi connectivity index (χ2n) is 4.21. The Labute approximate surface area is 114 Å². The number of alkyl halides is 1. The Morgan fingerprint density at radius 1 is 1.11 bits per heavy atom. The van der Waals surface area contributed by atoms with Crippen LogP contribution in [0.3, 0.4) is 0 Å². The zero-order valence-electron chi connectivity index (χ0n) is 9.71. The first-order valence-corrected chi connectivity index (χ1v) is 6.76. The first kappa shape index (κ1) is 11.5. The predicted molar refractivity (Wildman–Crippen MR) is 75.8 cm³/mol. The van der Waals surface area contributed by atoms with Crippen LogP contribution >= 0.6 is 15.9 Å². The van der Waals surface area contributed by atoms with Gasteiger partial charge in [-0.1, -0.05) is 34.1 Å². The quantitative estimate of drug-likeness (QED) is 0.665. The third kappa shape index (κ3) is 2.31. The molecule has 0 saturated heterocycles. The van der Waals surface area contributed by atoms with E-state index in [2.05, 4.69) is 33.0 Å². The maximum Gasteiger partial charge on any atom is 0.134 e. The number of para-hydroxylation sites is 1. The molecule has 0 aliphatic rings. The van der Waals surface area contributed by atoms with Crippen molar-refractivity contribution in [3.8, 4) is 0 Å². The SMILES string of the molecule is BrC(Cc1ccncc1)c1cc2ccccc2o1. The van der Waals surface area contributed by atoms with Crippen molar-refractivity contribution in [2.24, 2.45) is 0 Å². The normalized spacial score (nSPS) is 12.7. The van der Waals surface area contributed by atoms with E-state index in [0.717, 1.165) is 23.2 Å². The van der Waals surface area contributed by atoms with Gasteiger partial charge in [0.15, 0.2) is 0 Å². The summed E-state index contributed by atoms with van der Waals surface area (Å²) < 4.78 is 5.84. The Kier molecular flexibility index (Phi) is 3.15. The number of aromatic nitrogens is 1. The third-order valence-corrected chi connectivity index (χ3v) is 3.69. The molecule has 1 aromatic carbocycles. The van der Waals surface area contributed by atoms with Gasteiger partial charge >= 0.3 is 0 Å². The molecule has 3 aromatic rings. The minimum absolute atomic E-state index is 0.187. The topological polar surface area (TPSA) is 26.0 Å². The molecule has 2 aromatic heterocycles. The molecule has 3 rings (SSSR count). The highest BCUT2D eigenvalue weighted by molar-refractivity contribution is 9.09. The molecule has 0 bridgehead atoms. The van der Waals surface area contributed by atoms with Crippen molar-refractivity contribution < 1.29 is 4.42 Å². The van der Waals surface area contributed by atoms with E-state index in [-0.39, 0.29) is 4.83 Å². The van der Waals surface area contributed by atoms with Crippen LogP contribution in [0.5, 0.6) is 0 Å². The Morgan fingerprint density at radius 3 is 2.67 bits per heavy atom. The lowest BCUT2D eigenvalue weighted by molar-refractivity contribution is 0.545. The van der Waals surface area contributed by atoms with Crippen LogP contribution in [0.25, 0.3) is 11.0 Å². The molecular weight excluding hydrogens is 290 g/mol. The molecular formula is C15H12BrNO. The summed E-state index contributed by atoms with van der Waals surface area (Å²) in [6, 6.07) is 14.2. The van der Waals surface area contributed by atoms with Crippen LogP contribution in [0.2, 0.25) is 0 Å². The number of fused-ring (bicyclic) bond motifs is 1. The minimum Gasteiger partial charge on any atom is -0.460 e. The van der Waals surface area contributed by atoms with Gasteiger partial charge in [0.05, 0.1) is 4.83 Å². The highest BCUT2D eigenvalue weighted by atomic mass is 79.9. The average Bonchev–Trinajstić information content (AvgIpc) is 2.84. The van der Waals surface area contributed by atoms with E-state index in [0.29, 0.717) is 0 Å². The second kappa shape index (κ2) is 4.94. The monoisotopic (exact) mass is 301 g/mol. The zero-order chi connectivity index (χ0) is 12.4. The van der Waals surface area contributed by atoms with Crippen molar-refractivity contribution in [1.82, 2.24) is 4.98 Å². The second-order valence-corrected chi connectivity index (χ2v) is 5.32. The van der Waals surface area contributed by atoms with Crippen LogP contribution < -0.4 is 0 Å². The van der Waals surface area contributed by atoms with Crippen LogP contribution in [0.15, 0.2) is 59.3 Å². The summed E-state index contributed by atoms with van der Waals surface area (Å²) in [5, 5.41) is 1.15. The Balaban J connectivity index is 1.86. The van der Waals surface area contributed by atoms with E-state index in [1.165, 1.54) is 5.56 Å². The molecule has 0 aliphatic heterocycles. The van der Waals surface area contributed by atoms with Gasteiger partial charge in [-0.3, -0.25) is 4.98 Å². The van der Waals surface area contributed by atoms with E-state index in [9.17, 15) is 0 Å². The van der Waals surface area contributed by atoms with Crippen molar-refractivity contribution in [2.45, 2.75) is 11.2 Å². The molecule has 0 spiro atoms.